The van der Waals surface area contributed by atoms with Crippen molar-refractivity contribution in [2.75, 3.05) is 5.32 Å². The zero-order valence-electron chi connectivity index (χ0n) is 11.7. The second-order valence-electron chi connectivity index (χ2n) is 5.38. The lowest BCUT2D eigenvalue weighted by atomic mass is 10.2. The van der Waals surface area contributed by atoms with E-state index in [0.717, 1.165) is 42.4 Å². The van der Waals surface area contributed by atoms with E-state index in [4.69, 9.17) is 0 Å². The first kappa shape index (κ1) is 12.8. The van der Waals surface area contributed by atoms with Crippen LogP contribution in [0, 0.1) is 0 Å². The van der Waals surface area contributed by atoms with Crippen LogP contribution in [0.2, 0.25) is 0 Å². The fraction of sp³-hybridized carbons (Fsp3) is 0.400. The summed E-state index contributed by atoms with van der Waals surface area (Å²) >= 11 is 1.67. The van der Waals surface area contributed by atoms with Crippen LogP contribution in [0.4, 0.5) is 5.69 Å². The van der Waals surface area contributed by atoms with Crippen molar-refractivity contribution >= 4 is 27.2 Å². The Balaban J connectivity index is 1.52. The number of rotatable bonds is 3. The highest BCUT2D eigenvalue weighted by Crippen LogP contribution is 2.22. The predicted molar refractivity (Wildman–Crippen MR) is 84.5 cm³/mol. The smallest absolute Gasteiger partial charge is 0.152 e. The summed E-state index contributed by atoms with van der Waals surface area (Å²) in [4.78, 5) is 4.30. The van der Waals surface area contributed by atoms with E-state index in [-0.39, 0.29) is 0 Å². The van der Waals surface area contributed by atoms with E-state index in [9.17, 15) is 0 Å². The average molecular weight is 299 g/mol. The molecule has 0 saturated heterocycles. The first-order chi connectivity index (χ1) is 10.4. The SMILES string of the molecule is c1nc2ccc(NCc3nnc4n3CCCCC4)cc2s1. The number of fused-ring (bicyclic) bond motifs is 2. The third kappa shape index (κ3) is 2.51. The maximum atomic E-state index is 4.35. The van der Waals surface area contributed by atoms with Crippen LogP contribution < -0.4 is 5.32 Å². The number of aromatic nitrogens is 4. The third-order valence-electron chi connectivity index (χ3n) is 3.97. The molecule has 6 heteroatoms. The summed E-state index contributed by atoms with van der Waals surface area (Å²) in [6, 6.07) is 6.27. The lowest BCUT2D eigenvalue weighted by Crippen LogP contribution is -2.10. The van der Waals surface area contributed by atoms with E-state index < -0.39 is 0 Å². The van der Waals surface area contributed by atoms with Gasteiger partial charge in [0, 0.05) is 18.7 Å². The molecule has 1 N–H and O–H groups in total. The number of benzene rings is 1. The Morgan fingerprint density at radius 1 is 1.19 bits per heavy atom. The van der Waals surface area contributed by atoms with Gasteiger partial charge in [-0.15, -0.1) is 21.5 Å². The molecule has 4 rings (SSSR count). The summed E-state index contributed by atoms with van der Waals surface area (Å²) in [6.45, 7) is 1.77. The number of anilines is 1. The fourth-order valence-electron chi connectivity index (χ4n) is 2.82. The Morgan fingerprint density at radius 3 is 3.19 bits per heavy atom. The van der Waals surface area contributed by atoms with Crippen LogP contribution in [-0.4, -0.2) is 19.7 Å². The minimum Gasteiger partial charge on any atom is -0.378 e. The van der Waals surface area contributed by atoms with Crippen LogP contribution in [0.3, 0.4) is 0 Å². The molecule has 3 aromatic rings. The van der Waals surface area contributed by atoms with Crippen molar-refractivity contribution in [3.05, 3.63) is 35.4 Å². The maximum Gasteiger partial charge on any atom is 0.152 e. The monoisotopic (exact) mass is 299 g/mol. The van der Waals surface area contributed by atoms with Crippen LogP contribution in [0.5, 0.6) is 0 Å². The number of thiazole rings is 1. The zero-order chi connectivity index (χ0) is 14.1. The van der Waals surface area contributed by atoms with Gasteiger partial charge in [-0.1, -0.05) is 6.42 Å². The number of hydrogen-bond acceptors (Lipinski definition) is 5. The van der Waals surface area contributed by atoms with Crippen molar-refractivity contribution in [3.8, 4) is 0 Å². The van der Waals surface area contributed by atoms with Gasteiger partial charge in [-0.2, -0.15) is 0 Å². The molecule has 0 fully saturated rings. The molecule has 1 aliphatic rings. The molecule has 5 nitrogen and oxygen atoms in total. The summed E-state index contributed by atoms with van der Waals surface area (Å²) < 4.78 is 3.49. The molecule has 0 atom stereocenters. The average Bonchev–Trinajstić information content (AvgIpc) is 3.05. The number of hydrogen-bond donors (Lipinski definition) is 1. The van der Waals surface area contributed by atoms with E-state index in [1.807, 2.05) is 5.51 Å². The van der Waals surface area contributed by atoms with E-state index in [1.54, 1.807) is 11.3 Å². The summed E-state index contributed by atoms with van der Waals surface area (Å²) in [5.74, 6) is 2.18. The van der Waals surface area contributed by atoms with Crippen LogP contribution in [0.1, 0.15) is 30.9 Å². The number of nitrogens with zero attached hydrogens (tertiary/aromatic N) is 4. The molecule has 0 saturated carbocycles. The number of nitrogens with one attached hydrogen (secondary N) is 1. The Labute approximate surface area is 127 Å². The van der Waals surface area contributed by atoms with Crippen molar-refractivity contribution in [1.29, 1.82) is 0 Å². The molecule has 0 unspecified atom stereocenters. The number of aryl methyl sites for hydroxylation is 1. The lowest BCUT2D eigenvalue weighted by molar-refractivity contribution is 0.610. The van der Waals surface area contributed by atoms with Gasteiger partial charge in [0.25, 0.3) is 0 Å². The standard InChI is InChI=1S/C15H17N5S/c1-2-4-14-18-19-15(20(14)7-3-1)9-16-11-5-6-12-13(8-11)21-10-17-12/h5-6,8,10,16H,1-4,7,9H2. The van der Waals surface area contributed by atoms with E-state index in [0.29, 0.717) is 0 Å². The Hall–Kier alpha value is -1.95. The molecule has 2 aromatic heterocycles. The van der Waals surface area contributed by atoms with E-state index >= 15 is 0 Å². The molecule has 108 valence electrons. The minimum atomic E-state index is 0.720. The van der Waals surface area contributed by atoms with Gasteiger partial charge >= 0.3 is 0 Å². The minimum absolute atomic E-state index is 0.720. The summed E-state index contributed by atoms with van der Waals surface area (Å²) in [7, 11) is 0. The van der Waals surface area contributed by atoms with Crippen LogP contribution in [-0.2, 0) is 19.5 Å². The Morgan fingerprint density at radius 2 is 2.19 bits per heavy atom. The van der Waals surface area contributed by atoms with Gasteiger partial charge in [-0.3, -0.25) is 0 Å². The molecular weight excluding hydrogens is 282 g/mol. The van der Waals surface area contributed by atoms with Gasteiger partial charge in [0.1, 0.15) is 5.82 Å². The van der Waals surface area contributed by atoms with Gasteiger partial charge in [0.2, 0.25) is 0 Å². The second kappa shape index (κ2) is 5.44. The predicted octanol–water partition coefficient (Wildman–Crippen LogP) is 3.23. The van der Waals surface area contributed by atoms with Gasteiger partial charge in [-0.05, 0) is 31.0 Å². The van der Waals surface area contributed by atoms with Crippen molar-refractivity contribution in [1.82, 2.24) is 19.7 Å². The van der Waals surface area contributed by atoms with Gasteiger partial charge in [0.05, 0.1) is 22.3 Å². The van der Waals surface area contributed by atoms with Crippen molar-refractivity contribution < 1.29 is 0 Å². The molecule has 0 spiro atoms. The van der Waals surface area contributed by atoms with Crippen LogP contribution >= 0.6 is 11.3 Å². The summed E-state index contributed by atoms with van der Waals surface area (Å²) in [6.07, 6.45) is 4.80. The molecule has 0 aliphatic carbocycles. The van der Waals surface area contributed by atoms with Gasteiger partial charge in [-0.25, -0.2) is 4.98 Å². The molecular formula is C15H17N5S. The quantitative estimate of drug-likeness (QED) is 0.806. The molecule has 1 aliphatic heterocycles. The highest BCUT2D eigenvalue weighted by molar-refractivity contribution is 7.16. The summed E-state index contributed by atoms with van der Waals surface area (Å²) in [5, 5.41) is 12.1. The normalized spacial score (nSPS) is 14.9. The van der Waals surface area contributed by atoms with Crippen LogP contribution in [0.25, 0.3) is 10.2 Å². The molecule has 21 heavy (non-hydrogen) atoms. The van der Waals surface area contributed by atoms with Crippen LogP contribution in [0.15, 0.2) is 23.7 Å². The van der Waals surface area contributed by atoms with Gasteiger partial charge < -0.3 is 9.88 Å². The van der Waals surface area contributed by atoms with Gasteiger partial charge in [0.15, 0.2) is 5.82 Å². The highest BCUT2D eigenvalue weighted by atomic mass is 32.1. The van der Waals surface area contributed by atoms with Crippen molar-refractivity contribution in [2.24, 2.45) is 0 Å². The van der Waals surface area contributed by atoms with E-state index in [1.165, 1.54) is 24.0 Å². The van der Waals surface area contributed by atoms with E-state index in [2.05, 4.69) is 43.3 Å². The first-order valence-electron chi connectivity index (χ1n) is 7.38. The third-order valence-corrected chi connectivity index (χ3v) is 4.76. The second-order valence-corrected chi connectivity index (χ2v) is 6.27. The summed E-state index contributed by atoms with van der Waals surface area (Å²) in [5.41, 5.74) is 4.05. The van der Waals surface area contributed by atoms with Crippen molar-refractivity contribution in [3.63, 3.8) is 0 Å². The van der Waals surface area contributed by atoms with Crippen molar-refractivity contribution in [2.45, 2.75) is 38.8 Å². The highest BCUT2D eigenvalue weighted by Gasteiger charge is 2.14. The lowest BCUT2D eigenvalue weighted by Gasteiger charge is -2.09. The molecule has 0 bridgehead atoms. The molecule has 3 heterocycles. The largest absolute Gasteiger partial charge is 0.378 e. The molecule has 0 radical (unpaired) electrons. The maximum absolute atomic E-state index is 4.35. The zero-order valence-corrected chi connectivity index (χ0v) is 12.6. The first-order valence-corrected chi connectivity index (χ1v) is 8.26. The topological polar surface area (TPSA) is 55.6 Å². The fourth-order valence-corrected chi connectivity index (χ4v) is 3.54. The molecule has 1 aromatic carbocycles. The Kier molecular flexibility index (Phi) is 3.31. The molecule has 0 amide bonds. The Bertz CT molecular complexity index is 760.